The average molecular weight is 445 g/mol. The number of sulfonamides is 1. The van der Waals surface area contributed by atoms with E-state index in [0.717, 1.165) is 38.5 Å². The Balaban J connectivity index is 1.51. The lowest BCUT2D eigenvalue weighted by Crippen LogP contribution is -2.58. The molecule has 29 heavy (non-hydrogen) atoms. The van der Waals surface area contributed by atoms with Gasteiger partial charge >= 0.3 is 0 Å². The molecule has 0 saturated carbocycles. The molecule has 3 aliphatic rings. The van der Waals surface area contributed by atoms with Crippen molar-refractivity contribution in [2.24, 2.45) is 0 Å². The van der Waals surface area contributed by atoms with Gasteiger partial charge in [0.05, 0.1) is 19.0 Å². The molecule has 8 nitrogen and oxygen atoms in total. The molecule has 0 N–H and O–H groups in total. The van der Waals surface area contributed by atoms with Crippen LogP contribution in [-0.4, -0.2) is 72.9 Å². The summed E-state index contributed by atoms with van der Waals surface area (Å²) in [6.07, 6.45) is 5.26. The van der Waals surface area contributed by atoms with Crippen molar-refractivity contribution in [3.63, 3.8) is 0 Å². The van der Waals surface area contributed by atoms with Crippen LogP contribution in [0.4, 0.5) is 5.95 Å². The number of piperidine rings is 2. The molecule has 1 aromatic heterocycles. The van der Waals surface area contributed by atoms with Gasteiger partial charge in [0, 0.05) is 37.7 Å². The maximum atomic E-state index is 12.6. The molecule has 10 heteroatoms. The first kappa shape index (κ1) is 21.1. The molecule has 1 aromatic rings. The average Bonchev–Trinajstić information content (AvgIpc) is 3.18. The van der Waals surface area contributed by atoms with E-state index in [9.17, 15) is 8.42 Å². The summed E-state index contributed by atoms with van der Waals surface area (Å²) in [4.78, 5) is 11.0. The number of aromatic nitrogens is 2. The first-order chi connectivity index (χ1) is 13.9. The van der Waals surface area contributed by atoms with Gasteiger partial charge in [-0.05, 0) is 32.6 Å². The normalized spacial score (nSPS) is 30.3. The maximum absolute atomic E-state index is 12.6. The Bertz CT molecular complexity index is 819. The van der Waals surface area contributed by atoms with Crippen molar-refractivity contribution in [1.29, 1.82) is 0 Å². The zero-order valence-corrected chi connectivity index (χ0v) is 18.5. The Morgan fingerprint density at radius 3 is 2.62 bits per heavy atom. The van der Waals surface area contributed by atoms with Crippen LogP contribution in [-0.2, 0) is 14.8 Å². The van der Waals surface area contributed by atoms with Gasteiger partial charge in [-0.3, -0.25) is 0 Å². The van der Waals surface area contributed by atoms with Crippen LogP contribution in [0.15, 0.2) is 6.07 Å². The van der Waals surface area contributed by atoms with Gasteiger partial charge in [0.2, 0.25) is 21.9 Å². The molecule has 0 spiro atoms. The van der Waals surface area contributed by atoms with Crippen molar-refractivity contribution in [2.75, 3.05) is 30.9 Å². The quantitative estimate of drug-likeness (QED) is 0.623. The topological polar surface area (TPSA) is 84.9 Å². The van der Waals surface area contributed by atoms with E-state index in [1.165, 1.54) is 0 Å². The van der Waals surface area contributed by atoms with Gasteiger partial charge in [0.25, 0.3) is 0 Å². The fraction of sp³-hybridized carbons (Fsp3) is 0.789. The zero-order chi connectivity index (χ0) is 20.6. The van der Waals surface area contributed by atoms with Gasteiger partial charge in [-0.1, -0.05) is 18.0 Å². The van der Waals surface area contributed by atoms with E-state index in [4.69, 9.17) is 21.1 Å². The Hall–Kier alpha value is -1.16. The number of rotatable bonds is 6. The molecule has 0 aromatic carbocycles. The summed E-state index contributed by atoms with van der Waals surface area (Å²) in [5.41, 5.74) is 0. The molecule has 0 radical (unpaired) electrons. The minimum atomic E-state index is -3.19. The van der Waals surface area contributed by atoms with E-state index in [1.54, 1.807) is 17.3 Å². The van der Waals surface area contributed by atoms with Crippen LogP contribution >= 0.6 is 11.6 Å². The monoisotopic (exact) mass is 444 g/mol. The van der Waals surface area contributed by atoms with Crippen LogP contribution in [0, 0.1) is 0 Å². The summed E-state index contributed by atoms with van der Waals surface area (Å²) >= 11 is 6.24. The highest BCUT2D eigenvalue weighted by Crippen LogP contribution is 2.38. The molecule has 0 amide bonds. The SMILES string of the molecule is CCS(=O)(=O)N1[C@@H]2CCC[C@H]1CC(N(C)c1nc(Cl)cc(O[C@@H]3CCOC3)n1)C2. The Morgan fingerprint density at radius 2 is 2.00 bits per heavy atom. The van der Waals surface area contributed by atoms with Gasteiger partial charge in [0.1, 0.15) is 11.3 Å². The maximum Gasteiger partial charge on any atom is 0.230 e. The number of hydrogen-bond acceptors (Lipinski definition) is 7. The van der Waals surface area contributed by atoms with Gasteiger partial charge in [-0.2, -0.15) is 9.29 Å². The minimum Gasteiger partial charge on any atom is -0.472 e. The van der Waals surface area contributed by atoms with E-state index in [2.05, 4.69) is 9.97 Å². The largest absolute Gasteiger partial charge is 0.472 e. The highest BCUT2D eigenvalue weighted by atomic mass is 35.5. The summed E-state index contributed by atoms with van der Waals surface area (Å²) in [6, 6.07) is 1.88. The lowest BCUT2D eigenvalue weighted by atomic mass is 9.83. The van der Waals surface area contributed by atoms with E-state index >= 15 is 0 Å². The van der Waals surface area contributed by atoms with Crippen LogP contribution < -0.4 is 9.64 Å². The fourth-order valence-corrected chi connectivity index (χ4v) is 6.53. The molecule has 0 aliphatic carbocycles. The highest BCUT2D eigenvalue weighted by Gasteiger charge is 2.45. The van der Waals surface area contributed by atoms with Crippen molar-refractivity contribution < 1.29 is 17.9 Å². The standard InChI is InChI=1S/C19H29ClN4O4S/c1-3-29(25,26)24-13-5-4-6-14(24)10-15(9-13)23(2)19-21-17(20)11-18(22-19)28-16-7-8-27-12-16/h11,13-16H,3-10,12H2,1-2H3/t13-,14+,15?,16-/m1/s1. The van der Waals surface area contributed by atoms with Crippen LogP contribution in [0.3, 0.4) is 0 Å². The number of nitrogens with zero attached hydrogens (tertiary/aromatic N) is 4. The molecule has 162 valence electrons. The van der Waals surface area contributed by atoms with Crippen LogP contribution in [0.2, 0.25) is 5.15 Å². The molecular weight excluding hydrogens is 416 g/mol. The zero-order valence-electron chi connectivity index (χ0n) is 17.0. The predicted octanol–water partition coefficient (Wildman–Crippen LogP) is 2.47. The predicted molar refractivity (Wildman–Crippen MR) is 111 cm³/mol. The first-order valence-electron chi connectivity index (χ1n) is 10.4. The minimum absolute atomic E-state index is 0.0130. The molecule has 3 fully saturated rings. The van der Waals surface area contributed by atoms with Crippen molar-refractivity contribution in [2.45, 2.75) is 69.7 Å². The number of hydrogen-bond donors (Lipinski definition) is 0. The summed E-state index contributed by atoms with van der Waals surface area (Å²) in [5, 5.41) is 0.335. The summed E-state index contributed by atoms with van der Waals surface area (Å²) in [7, 11) is -1.23. The van der Waals surface area contributed by atoms with E-state index in [-0.39, 0.29) is 30.0 Å². The summed E-state index contributed by atoms with van der Waals surface area (Å²) < 4.78 is 38.3. The molecule has 4 rings (SSSR count). The van der Waals surface area contributed by atoms with E-state index in [1.807, 2.05) is 11.9 Å². The van der Waals surface area contributed by atoms with Crippen molar-refractivity contribution in [3.05, 3.63) is 11.2 Å². The number of ether oxygens (including phenoxy) is 2. The lowest BCUT2D eigenvalue weighted by molar-refractivity contribution is 0.109. The second-order valence-corrected chi connectivity index (χ2v) is 10.7. The number of halogens is 1. The Kier molecular flexibility index (Phi) is 6.20. The smallest absolute Gasteiger partial charge is 0.230 e. The second kappa shape index (κ2) is 8.53. The van der Waals surface area contributed by atoms with E-state index in [0.29, 0.717) is 30.2 Å². The molecular formula is C19H29ClN4O4S. The lowest BCUT2D eigenvalue weighted by Gasteiger charge is -2.49. The molecule has 4 atom stereocenters. The van der Waals surface area contributed by atoms with Gasteiger partial charge in [0.15, 0.2) is 0 Å². The first-order valence-corrected chi connectivity index (χ1v) is 12.4. The van der Waals surface area contributed by atoms with Crippen LogP contribution in [0.1, 0.15) is 45.4 Å². The summed E-state index contributed by atoms with van der Waals surface area (Å²) in [6.45, 7) is 2.97. The molecule has 1 unspecified atom stereocenters. The third kappa shape index (κ3) is 4.47. The highest BCUT2D eigenvalue weighted by molar-refractivity contribution is 7.89. The third-order valence-corrected chi connectivity index (χ3v) is 8.43. The van der Waals surface area contributed by atoms with E-state index < -0.39 is 10.0 Å². The molecule has 3 aliphatic heterocycles. The third-order valence-electron chi connectivity index (χ3n) is 6.27. The van der Waals surface area contributed by atoms with Gasteiger partial charge < -0.3 is 14.4 Å². The van der Waals surface area contributed by atoms with Gasteiger partial charge in [-0.25, -0.2) is 13.4 Å². The second-order valence-electron chi connectivity index (χ2n) is 8.14. The van der Waals surface area contributed by atoms with Crippen LogP contribution in [0.25, 0.3) is 0 Å². The van der Waals surface area contributed by atoms with Crippen molar-refractivity contribution >= 4 is 27.6 Å². The van der Waals surface area contributed by atoms with Crippen molar-refractivity contribution in [1.82, 2.24) is 14.3 Å². The van der Waals surface area contributed by atoms with Crippen LogP contribution in [0.5, 0.6) is 5.88 Å². The molecule has 2 bridgehead atoms. The fourth-order valence-electron chi connectivity index (χ4n) is 4.77. The summed E-state index contributed by atoms with van der Waals surface area (Å²) in [5.74, 6) is 1.12. The number of fused-ring (bicyclic) bond motifs is 2. The molecule has 4 heterocycles. The Morgan fingerprint density at radius 1 is 1.28 bits per heavy atom. The van der Waals surface area contributed by atoms with Crippen molar-refractivity contribution in [3.8, 4) is 5.88 Å². The Labute approximate surface area is 177 Å². The number of anilines is 1. The molecule has 3 saturated heterocycles. The van der Waals surface area contributed by atoms with Gasteiger partial charge in [-0.15, -0.1) is 0 Å².